The van der Waals surface area contributed by atoms with Gasteiger partial charge in [-0.25, -0.2) is 0 Å². The molecule has 30 heavy (non-hydrogen) atoms. The van der Waals surface area contributed by atoms with Crippen molar-refractivity contribution in [3.63, 3.8) is 0 Å². The average molecular weight is 412 g/mol. The molecular weight excluding hydrogens is 378 g/mol. The SMILES string of the molecule is C[C@@H]1[C@H](C)CCC[C@@H]1NC(=O)[C@@]1(C)Cn2c(cc3occc32)C(=O)N1C1CCCC1. The maximum atomic E-state index is 13.8. The van der Waals surface area contributed by atoms with Gasteiger partial charge in [-0.2, -0.15) is 0 Å². The van der Waals surface area contributed by atoms with Crippen LogP contribution in [0.3, 0.4) is 0 Å². The smallest absolute Gasteiger partial charge is 0.271 e. The van der Waals surface area contributed by atoms with E-state index < -0.39 is 5.54 Å². The van der Waals surface area contributed by atoms with Gasteiger partial charge in [0.1, 0.15) is 11.2 Å². The molecule has 0 unspecified atom stereocenters. The summed E-state index contributed by atoms with van der Waals surface area (Å²) >= 11 is 0. The number of fused-ring (bicyclic) bond motifs is 3. The van der Waals surface area contributed by atoms with Crippen LogP contribution in [-0.2, 0) is 11.3 Å². The van der Waals surface area contributed by atoms with Crippen molar-refractivity contribution in [1.82, 2.24) is 14.8 Å². The number of aromatic nitrogens is 1. The highest BCUT2D eigenvalue weighted by molar-refractivity contribution is 6.03. The lowest BCUT2D eigenvalue weighted by atomic mass is 9.77. The minimum atomic E-state index is -0.900. The quantitative estimate of drug-likeness (QED) is 0.817. The Hall–Kier alpha value is -2.24. The predicted octanol–water partition coefficient (Wildman–Crippen LogP) is 4.33. The third-order valence-electron chi connectivity index (χ3n) is 8.16. The van der Waals surface area contributed by atoms with Crippen molar-refractivity contribution in [1.29, 1.82) is 0 Å². The number of nitrogens with zero attached hydrogens (tertiary/aromatic N) is 2. The van der Waals surface area contributed by atoms with Crippen molar-refractivity contribution in [2.75, 3.05) is 0 Å². The standard InChI is InChI=1S/C24H33N3O3/c1-15-7-6-10-18(16(15)2)25-23(29)24(3)14-26-19-11-12-30-21(19)13-20(26)22(28)27(24)17-8-4-5-9-17/h11-13,15-18H,4-10,14H2,1-3H3,(H,25,29)/t15-,16-,18+,24-/m1/s1. The van der Waals surface area contributed by atoms with Gasteiger partial charge in [-0.3, -0.25) is 9.59 Å². The summed E-state index contributed by atoms with van der Waals surface area (Å²) in [4.78, 5) is 29.4. The van der Waals surface area contributed by atoms with Crippen LogP contribution >= 0.6 is 0 Å². The summed E-state index contributed by atoms with van der Waals surface area (Å²) in [7, 11) is 0. The van der Waals surface area contributed by atoms with E-state index >= 15 is 0 Å². The molecule has 0 aromatic carbocycles. The van der Waals surface area contributed by atoms with Crippen LogP contribution in [0.15, 0.2) is 22.8 Å². The topological polar surface area (TPSA) is 67.5 Å². The second-order valence-corrected chi connectivity index (χ2v) is 10.0. The summed E-state index contributed by atoms with van der Waals surface area (Å²) in [5.74, 6) is 1.01. The molecule has 0 bridgehead atoms. The Bertz CT molecular complexity index is 970. The van der Waals surface area contributed by atoms with Crippen molar-refractivity contribution in [2.45, 2.75) is 89.9 Å². The predicted molar refractivity (Wildman–Crippen MR) is 115 cm³/mol. The van der Waals surface area contributed by atoms with E-state index in [1.807, 2.05) is 28.5 Å². The minimum Gasteiger partial charge on any atom is -0.463 e. The fraction of sp³-hybridized carbons (Fsp3) is 0.667. The summed E-state index contributed by atoms with van der Waals surface area (Å²) in [6.45, 7) is 6.96. The van der Waals surface area contributed by atoms with Crippen molar-refractivity contribution >= 4 is 22.9 Å². The summed E-state index contributed by atoms with van der Waals surface area (Å²) in [6, 6.07) is 4.03. The number of hydrogen-bond donors (Lipinski definition) is 1. The third-order valence-corrected chi connectivity index (χ3v) is 8.16. The largest absolute Gasteiger partial charge is 0.463 e. The molecule has 3 heterocycles. The molecule has 3 aliphatic rings. The first kappa shape index (κ1) is 19.7. The zero-order chi connectivity index (χ0) is 21.0. The first-order valence-electron chi connectivity index (χ1n) is 11.6. The molecule has 2 amide bonds. The number of carbonyl (C=O) groups excluding carboxylic acids is 2. The zero-order valence-corrected chi connectivity index (χ0v) is 18.3. The molecular formula is C24H33N3O3. The van der Waals surface area contributed by atoms with Gasteiger partial charge in [-0.05, 0) is 38.0 Å². The van der Waals surface area contributed by atoms with Gasteiger partial charge in [-0.1, -0.05) is 39.5 Å². The Balaban J connectivity index is 1.52. The van der Waals surface area contributed by atoms with Crippen LogP contribution in [0.5, 0.6) is 0 Å². The lowest BCUT2D eigenvalue weighted by Crippen LogP contribution is -2.67. The van der Waals surface area contributed by atoms with Gasteiger partial charge in [0, 0.05) is 24.2 Å². The molecule has 1 N–H and O–H groups in total. The zero-order valence-electron chi connectivity index (χ0n) is 18.3. The monoisotopic (exact) mass is 411 g/mol. The van der Waals surface area contributed by atoms with Gasteiger partial charge in [-0.15, -0.1) is 0 Å². The third kappa shape index (κ3) is 2.90. The number of nitrogens with one attached hydrogen (secondary N) is 1. The van der Waals surface area contributed by atoms with Gasteiger partial charge in [0.05, 0.1) is 18.3 Å². The van der Waals surface area contributed by atoms with E-state index in [9.17, 15) is 9.59 Å². The Morgan fingerprint density at radius 3 is 2.70 bits per heavy atom. The van der Waals surface area contributed by atoms with Crippen LogP contribution in [0.1, 0.15) is 76.2 Å². The second kappa shape index (κ2) is 7.17. The number of hydrogen-bond acceptors (Lipinski definition) is 3. The fourth-order valence-corrected chi connectivity index (χ4v) is 6.08. The van der Waals surface area contributed by atoms with Crippen LogP contribution in [0.4, 0.5) is 0 Å². The summed E-state index contributed by atoms with van der Waals surface area (Å²) < 4.78 is 7.55. The van der Waals surface area contributed by atoms with E-state index in [1.165, 1.54) is 6.42 Å². The molecule has 2 aliphatic carbocycles. The second-order valence-electron chi connectivity index (χ2n) is 10.0. The van der Waals surface area contributed by atoms with Gasteiger partial charge in [0.15, 0.2) is 5.58 Å². The summed E-state index contributed by atoms with van der Waals surface area (Å²) in [5, 5.41) is 3.38. The normalized spacial score (nSPS) is 32.6. The molecule has 2 fully saturated rings. The number of amides is 2. The maximum Gasteiger partial charge on any atom is 0.271 e. The van der Waals surface area contributed by atoms with E-state index in [2.05, 4.69) is 19.2 Å². The van der Waals surface area contributed by atoms with E-state index in [0.29, 0.717) is 29.7 Å². The highest BCUT2D eigenvalue weighted by Crippen LogP contribution is 2.38. The van der Waals surface area contributed by atoms with Crippen LogP contribution in [0.25, 0.3) is 11.1 Å². The minimum absolute atomic E-state index is 0.00954. The van der Waals surface area contributed by atoms with Crippen LogP contribution < -0.4 is 5.32 Å². The molecule has 0 radical (unpaired) electrons. The van der Waals surface area contributed by atoms with E-state index in [4.69, 9.17) is 4.42 Å². The Labute approximate surface area is 178 Å². The molecule has 162 valence electrons. The highest BCUT2D eigenvalue weighted by Gasteiger charge is 2.51. The highest BCUT2D eigenvalue weighted by atomic mass is 16.3. The van der Waals surface area contributed by atoms with Crippen LogP contribution in [0.2, 0.25) is 0 Å². The number of furan rings is 1. The fourth-order valence-electron chi connectivity index (χ4n) is 6.08. The molecule has 2 aromatic heterocycles. The van der Waals surface area contributed by atoms with Crippen molar-refractivity contribution in [2.24, 2.45) is 11.8 Å². The first-order chi connectivity index (χ1) is 14.4. The molecule has 5 rings (SSSR count). The lowest BCUT2D eigenvalue weighted by Gasteiger charge is -2.48. The van der Waals surface area contributed by atoms with Crippen molar-refractivity contribution < 1.29 is 14.0 Å². The Morgan fingerprint density at radius 2 is 1.93 bits per heavy atom. The molecule has 6 nitrogen and oxygen atoms in total. The van der Waals surface area contributed by atoms with Gasteiger partial charge in [0.25, 0.3) is 5.91 Å². The first-order valence-corrected chi connectivity index (χ1v) is 11.6. The lowest BCUT2D eigenvalue weighted by molar-refractivity contribution is -0.135. The molecule has 1 aliphatic heterocycles. The van der Waals surface area contributed by atoms with E-state index in [1.54, 1.807) is 6.26 Å². The van der Waals surface area contributed by atoms with E-state index in [-0.39, 0.29) is 23.9 Å². The molecule has 6 heteroatoms. The summed E-state index contributed by atoms with van der Waals surface area (Å²) in [5.41, 5.74) is 1.34. The van der Waals surface area contributed by atoms with Crippen LogP contribution in [-0.4, -0.2) is 38.9 Å². The Morgan fingerprint density at radius 1 is 1.17 bits per heavy atom. The Kier molecular flexibility index (Phi) is 4.71. The molecule has 2 saturated carbocycles. The molecule has 0 saturated heterocycles. The molecule has 0 spiro atoms. The maximum absolute atomic E-state index is 13.8. The summed E-state index contributed by atoms with van der Waals surface area (Å²) in [6.07, 6.45) is 9.22. The van der Waals surface area contributed by atoms with Gasteiger partial charge >= 0.3 is 0 Å². The number of rotatable bonds is 3. The molecule has 4 atom stereocenters. The van der Waals surface area contributed by atoms with Crippen molar-refractivity contribution in [3.05, 3.63) is 24.1 Å². The van der Waals surface area contributed by atoms with Gasteiger partial charge < -0.3 is 19.2 Å². The van der Waals surface area contributed by atoms with E-state index in [0.717, 1.165) is 44.0 Å². The number of carbonyl (C=O) groups is 2. The van der Waals surface area contributed by atoms with Crippen LogP contribution in [0, 0.1) is 11.8 Å². The van der Waals surface area contributed by atoms with Crippen molar-refractivity contribution in [3.8, 4) is 0 Å². The molecule has 2 aromatic rings. The average Bonchev–Trinajstić information content (AvgIpc) is 3.44. The van der Waals surface area contributed by atoms with Gasteiger partial charge in [0.2, 0.25) is 5.91 Å².